The van der Waals surface area contributed by atoms with E-state index in [-0.39, 0.29) is 5.91 Å². The molecule has 108 valence electrons. The van der Waals surface area contributed by atoms with Crippen molar-refractivity contribution in [1.29, 1.82) is 0 Å². The molecule has 21 heavy (non-hydrogen) atoms. The molecule has 1 amide bonds. The summed E-state index contributed by atoms with van der Waals surface area (Å²) in [5.41, 5.74) is 4.12. The van der Waals surface area contributed by atoms with Crippen molar-refractivity contribution in [3.8, 4) is 0 Å². The van der Waals surface area contributed by atoms with Crippen molar-refractivity contribution < 1.29 is 4.79 Å². The molecule has 0 saturated carbocycles. The van der Waals surface area contributed by atoms with Crippen LogP contribution in [0.15, 0.2) is 40.9 Å². The molecule has 2 aromatic carbocycles. The molecule has 1 aliphatic heterocycles. The van der Waals surface area contributed by atoms with Crippen LogP contribution in [0.5, 0.6) is 0 Å². The number of halogens is 2. The molecule has 0 aromatic heterocycles. The number of hydrogen-bond acceptors (Lipinski definition) is 1. The third-order valence-electron chi connectivity index (χ3n) is 3.83. The summed E-state index contributed by atoms with van der Waals surface area (Å²) in [6.45, 7) is 2.82. The molecule has 0 spiro atoms. The van der Waals surface area contributed by atoms with Crippen LogP contribution in [0.1, 0.15) is 27.9 Å². The van der Waals surface area contributed by atoms with Gasteiger partial charge in [0.15, 0.2) is 0 Å². The zero-order valence-electron chi connectivity index (χ0n) is 11.7. The van der Waals surface area contributed by atoms with Crippen molar-refractivity contribution in [2.45, 2.75) is 19.8 Å². The number of rotatable bonds is 1. The Morgan fingerprint density at radius 3 is 2.86 bits per heavy atom. The largest absolute Gasteiger partial charge is 0.308 e. The first kappa shape index (κ1) is 14.6. The Balaban J connectivity index is 2.02. The van der Waals surface area contributed by atoms with E-state index in [4.69, 9.17) is 11.6 Å². The van der Waals surface area contributed by atoms with Crippen LogP contribution in [-0.2, 0) is 6.42 Å². The molecule has 4 heteroatoms. The van der Waals surface area contributed by atoms with Crippen LogP contribution in [0, 0.1) is 6.92 Å². The van der Waals surface area contributed by atoms with Crippen molar-refractivity contribution in [2.75, 3.05) is 11.4 Å². The Morgan fingerprint density at radius 2 is 2.10 bits per heavy atom. The summed E-state index contributed by atoms with van der Waals surface area (Å²) in [6, 6.07) is 11.5. The smallest absolute Gasteiger partial charge is 0.258 e. The molecule has 1 heterocycles. The standard InChI is InChI=1S/C17H15BrClNO/c1-11-4-2-5-12-6-3-9-20(16(11)12)17(21)13-7-8-15(19)14(18)10-13/h2,4-5,7-8,10H,3,6,9H2,1H3. The first-order valence-corrected chi connectivity index (χ1v) is 8.10. The molecule has 0 bridgehead atoms. The van der Waals surface area contributed by atoms with Crippen LogP contribution in [-0.4, -0.2) is 12.5 Å². The summed E-state index contributed by atoms with van der Waals surface area (Å²) in [7, 11) is 0. The minimum atomic E-state index is 0.0302. The quantitative estimate of drug-likeness (QED) is 0.697. The number of carbonyl (C=O) groups excluding carboxylic acids is 1. The van der Waals surface area contributed by atoms with Gasteiger partial charge in [0.05, 0.1) is 10.7 Å². The molecule has 3 rings (SSSR count). The van der Waals surface area contributed by atoms with E-state index in [1.165, 1.54) is 5.56 Å². The number of benzene rings is 2. The highest BCUT2D eigenvalue weighted by Crippen LogP contribution is 2.32. The summed E-state index contributed by atoms with van der Waals surface area (Å²) in [4.78, 5) is 14.7. The predicted molar refractivity (Wildman–Crippen MR) is 90.3 cm³/mol. The van der Waals surface area contributed by atoms with E-state index in [2.05, 4.69) is 41.1 Å². The first-order chi connectivity index (χ1) is 10.1. The molecule has 0 unspecified atom stereocenters. The zero-order chi connectivity index (χ0) is 15.0. The van der Waals surface area contributed by atoms with Gasteiger partial charge < -0.3 is 4.90 Å². The SMILES string of the molecule is Cc1cccc2c1N(C(=O)c1ccc(Cl)c(Br)c1)CCC2. The maximum atomic E-state index is 12.8. The van der Waals surface area contributed by atoms with E-state index in [9.17, 15) is 4.79 Å². The maximum Gasteiger partial charge on any atom is 0.258 e. The fourth-order valence-electron chi connectivity index (χ4n) is 2.84. The van der Waals surface area contributed by atoms with Gasteiger partial charge in [-0.1, -0.05) is 29.8 Å². The van der Waals surface area contributed by atoms with Crippen LogP contribution in [0.25, 0.3) is 0 Å². The Hall–Kier alpha value is -1.32. The number of amides is 1. The van der Waals surface area contributed by atoms with E-state index in [1.54, 1.807) is 18.2 Å². The number of hydrogen-bond donors (Lipinski definition) is 0. The van der Waals surface area contributed by atoms with Crippen LogP contribution in [0.3, 0.4) is 0 Å². The van der Waals surface area contributed by atoms with E-state index in [1.807, 2.05) is 4.90 Å². The third-order valence-corrected chi connectivity index (χ3v) is 5.04. The lowest BCUT2D eigenvalue weighted by Gasteiger charge is -2.31. The summed E-state index contributed by atoms with van der Waals surface area (Å²) < 4.78 is 0.747. The normalized spacial score (nSPS) is 14.0. The van der Waals surface area contributed by atoms with E-state index in [0.717, 1.165) is 35.1 Å². The molecular weight excluding hydrogens is 350 g/mol. The first-order valence-electron chi connectivity index (χ1n) is 6.93. The third kappa shape index (κ3) is 2.72. The van der Waals surface area contributed by atoms with Gasteiger partial charge in [-0.15, -0.1) is 0 Å². The molecule has 0 saturated heterocycles. The molecular formula is C17H15BrClNO. The summed E-state index contributed by atoms with van der Waals surface area (Å²) >= 11 is 9.39. The van der Waals surface area contributed by atoms with Gasteiger partial charge in [-0.2, -0.15) is 0 Å². The van der Waals surface area contributed by atoms with Crippen molar-refractivity contribution >= 4 is 39.1 Å². The van der Waals surface area contributed by atoms with E-state index >= 15 is 0 Å². The number of para-hydroxylation sites is 1. The van der Waals surface area contributed by atoms with Crippen LogP contribution in [0.2, 0.25) is 5.02 Å². The Bertz CT molecular complexity index is 714. The zero-order valence-corrected chi connectivity index (χ0v) is 14.0. The maximum absolute atomic E-state index is 12.8. The second kappa shape index (κ2) is 5.82. The fraction of sp³-hybridized carbons (Fsp3) is 0.235. The molecule has 0 radical (unpaired) electrons. The van der Waals surface area contributed by atoms with Crippen LogP contribution in [0.4, 0.5) is 5.69 Å². The highest BCUT2D eigenvalue weighted by atomic mass is 79.9. The minimum Gasteiger partial charge on any atom is -0.308 e. The topological polar surface area (TPSA) is 20.3 Å². The minimum absolute atomic E-state index is 0.0302. The van der Waals surface area contributed by atoms with Gasteiger partial charge in [0, 0.05) is 16.6 Å². The van der Waals surface area contributed by atoms with Gasteiger partial charge in [0.2, 0.25) is 0 Å². The van der Waals surface area contributed by atoms with Crippen molar-refractivity contribution in [3.05, 3.63) is 62.6 Å². The van der Waals surface area contributed by atoms with Gasteiger partial charge in [0.1, 0.15) is 0 Å². The van der Waals surface area contributed by atoms with Crippen molar-refractivity contribution in [3.63, 3.8) is 0 Å². The lowest BCUT2D eigenvalue weighted by atomic mass is 9.97. The van der Waals surface area contributed by atoms with Gasteiger partial charge in [-0.25, -0.2) is 0 Å². The number of carbonyl (C=O) groups is 1. The lowest BCUT2D eigenvalue weighted by molar-refractivity contribution is 0.0985. The van der Waals surface area contributed by atoms with Gasteiger partial charge >= 0.3 is 0 Å². The molecule has 0 aliphatic carbocycles. The average molecular weight is 365 g/mol. The Kier molecular flexibility index (Phi) is 4.05. The van der Waals surface area contributed by atoms with Crippen LogP contribution < -0.4 is 4.90 Å². The highest BCUT2D eigenvalue weighted by Gasteiger charge is 2.25. The van der Waals surface area contributed by atoms with Gasteiger partial charge in [-0.05, 0) is 65.0 Å². The predicted octanol–water partition coefficient (Wildman–Crippen LogP) is 5.00. The van der Waals surface area contributed by atoms with Crippen molar-refractivity contribution in [1.82, 2.24) is 0 Å². The number of anilines is 1. The molecule has 2 nitrogen and oxygen atoms in total. The molecule has 2 aromatic rings. The highest BCUT2D eigenvalue weighted by molar-refractivity contribution is 9.10. The second-order valence-electron chi connectivity index (χ2n) is 5.27. The van der Waals surface area contributed by atoms with Crippen LogP contribution >= 0.6 is 27.5 Å². The van der Waals surface area contributed by atoms with E-state index < -0.39 is 0 Å². The molecule has 0 fully saturated rings. The molecule has 0 N–H and O–H groups in total. The average Bonchev–Trinajstić information content (AvgIpc) is 2.49. The van der Waals surface area contributed by atoms with Gasteiger partial charge in [-0.3, -0.25) is 4.79 Å². The summed E-state index contributed by atoms with van der Waals surface area (Å²) in [6.07, 6.45) is 2.03. The summed E-state index contributed by atoms with van der Waals surface area (Å²) in [5, 5.41) is 0.613. The number of nitrogens with zero attached hydrogens (tertiary/aromatic N) is 1. The van der Waals surface area contributed by atoms with Gasteiger partial charge in [0.25, 0.3) is 5.91 Å². The lowest BCUT2D eigenvalue weighted by Crippen LogP contribution is -2.36. The number of fused-ring (bicyclic) bond motifs is 1. The fourth-order valence-corrected chi connectivity index (χ4v) is 3.33. The number of aryl methyl sites for hydroxylation is 2. The molecule has 0 atom stereocenters. The van der Waals surface area contributed by atoms with Crippen molar-refractivity contribution in [2.24, 2.45) is 0 Å². The Morgan fingerprint density at radius 1 is 1.29 bits per heavy atom. The Labute approximate surface area is 137 Å². The summed E-state index contributed by atoms with van der Waals surface area (Å²) in [5.74, 6) is 0.0302. The molecule has 1 aliphatic rings. The monoisotopic (exact) mass is 363 g/mol. The second-order valence-corrected chi connectivity index (χ2v) is 6.53. The van der Waals surface area contributed by atoms with E-state index in [0.29, 0.717) is 10.6 Å².